The molecule has 18 heavy (non-hydrogen) atoms. The highest BCUT2D eigenvalue weighted by Gasteiger charge is 2.38. The fourth-order valence-electron chi connectivity index (χ4n) is 3.22. The molecule has 2 unspecified atom stereocenters. The Morgan fingerprint density at radius 2 is 2.33 bits per heavy atom. The summed E-state index contributed by atoms with van der Waals surface area (Å²) >= 11 is 0. The summed E-state index contributed by atoms with van der Waals surface area (Å²) in [5.41, 5.74) is 1.98. The van der Waals surface area contributed by atoms with Crippen molar-refractivity contribution in [3.8, 4) is 11.8 Å². The van der Waals surface area contributed by atoms with E-state index in [0.717, 1.165) is 31.0 Å². The Bertz CT molecular complexity index is 492. The van der Waals surface area contributed by atoms with Crippen LogP contribution < -0.4 is 4.74 Å². The number of benzene rings is 1. The molecule has 0 spiro atoms. The second-order valence-electron chi connectivity index (χ2n) is 5.30. The number of hydrogen-bond acceptors (Lipinski definition) is 3. The van der Waals surface area contributed by atoms with Gasteiger partial charge in [0.05, 0.1) is 18.2 Å². The van der Waals surface area contributed by atoms with E-state index >= 15 is 0 Å². The third kappa shape index (κ3) is 1.87. The molecule has 0 aliphatic carbocycles. The minimum Gasteiger partial charge on any atom is -0.493 e. The van der Waals surface area contributed by atoms with Gasteiger partial charge in [-0.2, -0.15) is 5.26 Å². The first-order valence-electron chi connectivity index (χ1n) is 6.71. The van der Waals surface area contributed by atoms with Crippen LogP contribution in [-0.4, -0.2) is 31.1 Å². The summed E-state index contributed by atoms with van der Waals surface area (Å²) in [6, 6.07) is 8.04. The monoisotopic (exact) mass is 242 g/mol. The predicted octanol–water partition coefficient (Wildman–Crippen LogP) is 2.38. The maximum atomic E-state index is 9.01. The Kier molecular flexibility index (Phi) is 2.97. The lowest BCUT2D eigenvalue weighted by Crippen LogP contribution is -2.25. The molecule has 0 radical (unpaired) electrons. The maximum Gasteiger partial charge on any atom is 0.122 e. The Morgan fingerprint density at radius 3 is 3.11 bits per heavy atom. The van der Waals surface area contributed by atoms with Crippen LogP contribution in [0.3, 0.4) is 0 Å². The molecule has 94 valence electrons. The molecule has 0 bridgehead atoms. The largest absolute Gasteiger partial charge is 0.493 e. The Morgan fingerprint density at radius 1 is 1.44 bits per heavy atom. The molecule has 1 aromatic rings. The molecule has 0 amide bonds. The van der Waals surface area contributed by atoms with E-state index in [9.17, 15) is 0 Å². The molecular weight excluding hydrogens is 224 g/mol. The summed E-state index contributed by atoms with van der Waals surface area (Å²) in [6.45, 7) is 6.46. The molecular formula is C15H18N2O. The van der Waals surface area contributed by atoms with Gasteiger partial charge in [-0.05, 0) is 31.2 Å². The third-order valence-corrected chi connectivity index (χ3v) is 4.05. The summed E-state index contributed by atoms with van der Waals surface area (Å²) in [7, 11) is 0. The fraction of sp³-hybridized carbons (Fsp3) is 0.533. The molecule has 1 saturated heterocycles. The standard InChI is InChI=1S/C15H18N2O/c1-2-5-17-8-12-10-18-15-4-3-11(7-16)6-13(15)14(12)9-17/h3-4,6,12,14H,2,5,8-10H2,1H3. The van der Waals surface area contributed by atoms with E-state index in [1.807, 2.05) is 18.2 Å². The zero-order valence-electron chi connectivity index (χ0n) is 10.7. The Hall–Kier alpha value is -1.53. The van der Waals surface area contributed by atoms with Crippen molar-refractivity contribution in [3.05, 3.63) is 29.3 Å². The lowest BCUT2D eigenvalue weighted by atomic mass is 9.86. The van der Waals surface area contributed by atoms with Crippen LogP contribution in [-0.2, 0) is 0 Å². The van der Waals surface area contributed by atoms with Crippen LogP contribution in [0.1, 0.15) is 30.4 Å². The van der Waals surface area contributed by atoms with Crippen LogP contribution in [0.15, 0.2) is 18.2 Å². The topological polar surface area (TPSA) is 36.3 Å². The zero-order valence-corrected chi connectivity index (χ0v) is 10.7. The van der Waals surface area contributed by atoms with Gasteiger partial charge in [-0.25, -0.2) is 0 Å². The highest BCUT2D eigenvalue weighted by molar-refractivity contribution is 5.46. The molecule has 3 nitrogen and oxygen atoms in total. The van der Waals surface area contributed by atoms with Crippen molar-refractivity contribution >= 4 is 0 Å². The number of hydrogen-bond donors (Lipinski definition) is 0. The van der Waals surface area contributed by atoms with Crippen molar-refractivity contribution in [2.45, 2.75) is 19.3 Å². The lowest BCUT2D eigenvalue weighted by Gasteiger charge is -2.27. The minimum atomic E-state index is 0.550. The van der Waals surface area contributed by atoms with E-state index in [1.165, 1.54) is 18.5 Å². The number of nitriles is 1. The molecule has 2 aliphatic rings. The van der Waals surface area contributed by atoms with Gasteiger partial charge in [0.25, 0.3) is 0 Å². The molecule has 2 aliphatic heterocycles. The average molecular weight is 242 g/mol. The average Bonchev–Trinajstić information content (AvgIpc) is 2.81. The fourth-order valence-corrected chi connectivity index (χ4v) is 3.22. The highest BCUT2D eigenvalue weighted by atomic mass is 16.5. The SMILES string of the molecule is CCCN1CC2COc3ccc(C#N)cc3C2C1. The van der Waals surface area contributed by atoms with Crippen molar-refractivity contribution in [2.75, 3.05) is 26.2 Å². The number of ether oxygens (including phenoxy) is 1. The molecule has 0 saturated carbocycles. The van der Waals surface area contributed by atoms with E-state index in [0.29, 0.717) is 11.8 Å². The van der Waals surface area contributed by atoms with Crippen LogP contribution in [0.4, 0.5) is 0 Å². The molecule has 2 atom stereocenters. The second kappa shape index (κ2) is 4.62. The molecule has 3 heteroatoms. The van der Waals surface area contributed by atoms with Crippen molar-refractivity contribution in [2.24, 2.45) is 5.92 Å². The van der Waals surface area contributed by atoms with Crippen LogP contribution in [0.2, 0.25) is 0 Å². The molecule has 1 aromatic carbocycles. The normalized spacial score (nSPS) is 26.0. The van der Waals surface area contributed by atoms with Gasteiger partial charge in [0.15, 0.2) is 0 Å². The summed E-state index contributed by atoms with van der Waals surface area (Å²) in [4.78, 5) is 2.52. The van der Waals surface area contributed by atoms with E-state index in [2.05, 4.69) is 17.9 Å². The summed E-state index contributed by atoms with van der Waals surface area (Å²) < 4.78 is 5.83. The van der Waals surface area contributed by atoms with Gasteiger partial charge in [-0.1, -0.05) is 6.92 Å². The van der Waals surface area contributed by atoms with Crippen LogP contribution in [0, 0.1) is 17.2 Å². The van der Waals surface area contributed by atoms with Gasteiger partial charge in [0, 0.05) is 30.5 Å². The Balaban J connectivity index is 1.90. The third-order valence-electron chi connectivity index (χ3n) is 4.05. The van der Waals surface area contributed by atoms with Crippen molar-refractivity contribution < 1.29 is 4.74 Å². The molecule has 2 heterocycles. The van der Waals surface area contributed by atoms with Gasteiger partial charge in [0.2, 0.25) is 0 Å². The zero-order chi connectivity index (χ0) is 12.5. The van der Waals surface area contributed by atoms with E-state index < -0.39 is 0 Å². The van der Waals surface area contributed by atoms with Crippen LogP contribution in [0.5, 0.6) is 5.75 Å². The van der Waals surface area contributed by atoms with Crippen LogP contribution >= 0.6 is 0 Å². The van der Waals surface area contributed by atoms with E-state index in [-0.39, 0.29) is 0 Å². The van der Waals surface area contributed by atoms with Gasteiger partial charge >= 0.3 is 0 Å². The Labute approximate surface area is 108 Å². The van der Waals surface area contributed by atoms with Crippen molar-refractivity contribution in [3.63, 3.8) is 0 Å². The van der Waals surface area contributed by atoms with Gasteiger partial charge in [-0.15, -0.1) is 0 Å². The number of fused-ring (bicyclic) bond motifs is 3. The van der Waals surface area contributed by atoms with E-state index in [1.54, 1.807) is 0 Å². The lowest BCUT2D eigenvalue weighted by molar-refractivity contribution is 0.213. The second-order valence-corrected chi connectivity index (χ2v) is 5.30. The number of nitrogens with zero attached hydrogens (tertiary/aromatic N) is 2. The molecule has 1 fully saturated rings. The van der Waals surface area contributed by atoms with Crippen LogP contribution in [0.25, 0.3) is 0 Å². The first-order chi connectivity index (χ1) is 8.81. The summed E-state index contributed by atoms with van der Waals surface area (Å²) in [5.74, 6) is 2.13. The van der Waals surface area contributed by atoms with Crippen molar-refractivity contribution in [1.29, 1.82) is 5.26 Å². The molecule has 0 N–H and O–H groups in total. The molecule has 0 aromatic heterocycles. The highest BCUT2D eigenvalue weighted by Crippen LogP contribution is 2.41. The van der Waals surface area contributed by atoms with Gasteiger partial charge < -0.3 is 9.64 Å². The number of rotatable bonds is 2. The first kappa shape index (κ1) is 11.6. The van der Waals surface area contributed by atoms with Gasteiger partial charge in [0.1, 0.15) is 5.75 Å². The summed E-state index contributed by atoms with van der Waals surface area (Å²) in [6.07, 6.45) is 1.20. The summed E-state index contributed by atoms with van der Waals surface area (Å²) in [5, 5.41) is 9.01. The van der Waals surface area contributed by atoms with Crippen molar-refractivity contribution in [1.82, 2.24) is 4.90 Å². The van der Waals surface area contributed by atoms with E-state index in [4.69, 9.17) is 10.00 Å². The first-order valence-corrected chi connectivity index (χ1v) is 6.71. The maximum absolute atomic E-state index is 9.01. The quantitative estimate of drug-likeness (QED) is 0.799. The smallest absolute Gasteiger partial charge is 0.122 e. The molecule has 3 rings (SSSR count). The predicted molar refractivity (Wildman–Crippen MR) is 69.6 cm³/mol. The minimum absolute atomic E-state index is 0.550. The van der Waals surface area contributed by atoms with Gasteiger partial charge in [-0.3, -0.25) is 0 Å². The number of likely N-dealkylation sites (tertiary alicyclic amines) is 1.